The number of rotatable bonds is 5. The number of ether oxygens (including phenoxy) is 3. The lowest BCUT2D eigenvalue weighted by Gasteiger charge is -2.31. The monoisotopic (exact) mass is 299 g/mol. The van der Waals surface area contributed by atoms with Crippen molar-refractivity contribution in [2.45, 2.75) is 18.9 Å². The van der Waals surface area contributed by atoms with E-state index in [0.29, 0.717) is 22.4 Å². The first-order chi connectivity index (χ1) is 9.72. The smallest absolute Gasteiger partial charge is 0.146 e. The topological polar surface area (TPSA) is 39.7 Å². The zero-order valence-corrected chi connectivity index (χ0v) is 13.0. The molecule has 4 nitrogen and oxygen atoms in total. The van der Waals surface area contributed by atoms with Gasteiger partial charge in [-0.15, -0.1) is 0 Å². The molecule has 1 aromatic rings. The molecule has 0 aromatic heterocycles. The van der Waals surface area contributed by atoms with Crippen LogP contribution in [0.3, 0.4) is 0 Å². The first-order valence-corrected chi connectivity index (χ1v) is 7.26. The van der Waals surface area contributed by atoms with Gasteiger partial charge in [-0.25, -0.2) is 0 Å². The zero-order valence-electron chi connectivity index (χ0n) is 12.2. The van der Waals surface area contributed by atoms with Gasteiger partial charge < -0.3 is 19.5 Å². The maximum atomic E-state index is 6.35. The van der Waals surface area contributed by atoms with E-state index in [0.717, 1.165) is 31.6 Å². The molecule has 0 spiro atoms. The number of halogens is 1. The fraction of sp³-hybridized carbons (Fsp3) is 0.600. The Hall–Kier alpha value is -0.970. The van der Waals surface area contributed by atoms with Gasteiger partial charge in [0.05, 0.1) is 14.2 Å². The van der Waals surface area contributed by atoms with Crippen molar-refractivity contribution < 1.29 is 14.2 Å². The first-order valence-electron chi connectivity index (χ1n) is 6.88. The molecule has 0 amide bonds. The van der Waals surface area contributed by atoms with Crippen LogP contribution in [0.5, 0.6) is 11.5 Å². The lowest BCUT2D eigenvalue weighted by Crippen LogP contribution is -2.30. The molecule has 1 heterocycles. The van der Waals surface area contributed by atoms with E-state index in [9.17, 15) is 0 Å². The summed E-state index contributed by atoms with van der Waals surface area (Å²) in [6, 6.07) is 4.13. The molecule has 1 saturated heterocycles. The van der Waals surface area contributed by atoms with Gasteiger partial charge in [0.1, 0.15) is 16.5 Å². The minimum absolute atomic E-state index is 0.206. The van der Waals surface area contributed by atoms with Crippen molar-refractivity contribution in [3.63, 3.8) is 0 Å². The molecule has 1 unspecified atom stereocenters. The number of nitrogens with one attached hydrogen (secondary N) is 1. The molecule has 0 aliphatic carbocycles. The van der Waals surface area contributed by atoms with Crippen molar-refractivity contribution >= 4 is 11.6 Å². The summed E-state index contributed by atoms with van der Waals surface area (Å²) in [6.45, 7) is 1.63. The van der Waals surface area contributed by atoms with Gasteiger partial charge in [-0.05, 0) is 37.9 Å². The second kappa shape index (κ2) is 7.16. The van der Waals surface area contributed by atoms with Gasteiger partial charge in [-0.3, -0.25) is 0 Å². The van der Waals surface area contributed by atoms with Crippen LogP contribution in [0.2, 0.25) is 5.02 Å². The third kappa shape index (κ3) is 3.03. The van der Waals surface area contributed by atoms with Crippen molar-refractivity contribution in [2.75, 3.05) is 34.5 Å². The van der Waals surface area contributed by atoms with Gasteiger partial charge in [-0.1, -0.05) is 11.6 Å². The van der Waals surface area contributed by atoms with Crippen LogP contribution in [0.1, 0.15) is 24.4 Å². The highest BCUT2D eigenvalue weighted by atomic mass is 35.5. The summed E-state index contributed by atoms with van der Waals surface area (Å²) in [7, 11) is 5.22. The summed E-state index contributed by atoms with van der Waals surface area (Å²) in [5.41, 5.74) is 1.08. The highest BCUT2D eigenvalue weighted by Gasteiger charge is 2.28. The summed E-state index contributed by atoms with van der Waals surface area (Å²) in [5.74, 6) is 1.85. The standard InChI is InChI=1S/C15H22ClNO3/c1-17-14(10-6-8-20-9-7-10)11-4-5-12(18-2)13(16)15(11)19-3/h4-5,10,14,17H,6-9H2,1-3H3. The van der Waals surface area contributed by atoms with Crippen LogP contribution in [-0.4, -0.2) is 34.5 Å². The second-order valence-electron chi connectivity index (χ2n) is 4.92. The Labute approximate surface area is 125 Å². The third-order valence-corrected chi connectivity index (χ3v) is 4.26. The summed E-state index contributed by atoms with van der Waals surface area (Å²) in [6.07, 6.45) is 2.08. The van der Waals surface area contributed by atoms with E-state index in [1.54, 1.807) is 14.2 Å². The molecule has 112 valence electrons. The van der Waals surface area contributed by atoms with Crippen molar-refractivity contribution in [1.29, 1.82) is 0 Å². The van der Waals surface area contributed by atoms with Gasteiger partial charge in [0.25, 0.3) is 0 Å². The SMILES string of the molecule is CNC(c1ccc(OC)c(Cl)c1OC)C1CCOCC1. The number of hydrogen-bond acceptors (Lipinski definition) is 4. The molecule has 5 heteroatoms. The Morgan fingerprint density at radius 3 is 2.50 bits per heavy atom. The molecule has 1 atom stereocenters. The van der Waals surface area contributed by atoms with Crippen LogP contribution >= 0.6 is 11.6 Å². The molecule has 0 bridgehead atoms. The fourth-order valence-corrected chi connectivity index (χ4v) is 3.18. The van der Waals surface area contributed by atoms with E-state index >= 15 is 0 Å². The van der Waals surface area contributed by atoms with Crippen LogP contribution in [0.15, 0.2) is 12.1 Å². The van der Waals surface area contributed by atoms with E-state index in [1.165, 1.54) is 0 Å². The van der Waals surface area contributed by atoms with Crippen molar-refractivity contribution in [1.82, 2.24) is 5.32 Å². The summed E-state index contributed by atoms with van der Waals surface area (Å²) in [4.78, 5) is 0. The molecule has 1 N–H and O–H groups in total. The predicted octanol–water partition coefficient (Wildman–Crippen LogP) is 3.04. The largest absolute Gasteiger partial charge is 0.495 e. The highest BCUT2D eigenvalue weighted by molar-refractivity contribution is 6.33. The van der Waals surface area contributed by atoms with Gasteiger partial charge in [0, 0.05) is 24.8 Å². The normalized spacial score (nSPS) is 17.8. The minimum Gasteiger partial charge on any atom is -0.495 e. The van der Waals surface area contributed by atoms with E-state index in [4.69, 9.17) is 25.8 Å². The minimum atomic E-state index is 0.206. The Morgan fingerprint density at radius 1 is 1.25 bits per heavy atom. The second-order valence-corrected chi connectivity index (χ2v) is 5.30. The average molecular weight is 300 g/mol. The van der Waals surface area contributed by atoms with Crippen LogP contribution in [0.4, 0.5) is 0 Å². The van der Waals surface area contributed by atoms with E-state index in [2.05, 4.69) is 5.32 Å². The first kappa shape index (κ1) is 15.4. The quantitative estimate of drug-likeness (QED) is 0.907. The molecule has 20 heavy (non-hydrogen) atoms. The van der Waals surface area contributed by atoms with E-state index < -0.39 is 0 Å². The number of benzene rings is 1. The van der Waals surface area contributed by atoms with Crippen LogP contribution < -0.4 is 14.8 Å². The maximum Gasteiger partial charge on any atom is 0.146 e. The maximum absolute atomic E-state index is 6.35. The van der Waals surface area contributed by atoms with Crippen LogP contribution in [-0.2, 0) is 4.74 Å². The Bertz CT molecular complexity index is 447. The molecule has 1 aliphatic heterocycles. The molecule has 1 aliphatic rings. The average Bonchev–Trinajstić information content (AvgIpc) is 2.49. The Morgan fingerprint density at radius 2 is 1.95 bits per heavy atom. The number of hydrogen-bond donors (Lipinski definition) is 1. The third-order valence-electron chi connectivity index (χ3n) is 3.90. The lowest BCUT2D eigenvalue weighted by molar-refractivity contribution is 0.0543. The van der Waals surface area contributed by atoms with Gasteiger partial charge in [-0.2, -0.15) is 0 Å². The zero-order chi connectivity index (χ0) is 14.5. The summed E-state index contributed by atoms with van der Waals surface area (Å²) >= 11 is 6.35. The summed E-state index contributed by atoms with van der Waals surface area (Å²) in [5, 5.41) is 3.92. The fourth-order valence-electron chi connectivity index (χ4n) is 2.86. The van der Waals surface area contributed by atoms with Crippen molar-refractivity contribution in [2.24, 2.45) is 5.92 Å². The Kier molecular flexibility index (Phi) is 5.52. The van der Waals surface area contributed by atoms with Crippen molar-refractivity contribution in [3.05, 3.63) is 22.7 Å². The Balaban J connectivity index is 2.35. The van der Waals surface area contributed by atoms with Crippen LogP contribution in [0.25, 0.3) is 0 Å². The molecule has 0 saturated carbocycles. The van der Waals surface area contributed by atoms with Crippen LogP contribution in [0, 0.1) is 5.92 Å². The van der Waals surface area contributed by atoms with E-state index in [-0.39, 0.29) is 6.04 Å². The van der Waals surface area contributed by atoms with E-state index in [1.807, 2.05) is 19.2 Å². The molecule has 2 rings (SSSR count). The molecule has 1 aromatic carbocycles. The van der Waals surface area contributed by atoms with Gasteiger partial charge in [0.15, 0.2) is 0 Å². The van der Waals surface area contributed by atoms with Gasteiger partial charge >= 0.3 is 0 Å². The van der Waals surface area contributed by atoms with Crippen molar-refractivity contribution in [3.8, 4) is 11.5 Å². The van der Waals surface area contributed by atoms with Gasteiger partial charge in [0.2, 0.25) is 0 Å². The number of methoxy groups -OCH3 is 2. The molecule has 0 radical (unpaired) electrons. The molecule has 1 fully saturated rings. The predicted molar refractivity (Wildman–Crippen MR) is 79.9 cm³/mol. The molecular weight excluding hydrogens is 278 g/mol. The highest BCUT2D eigenvalue weighted by Crippen LogP contribution is 2.42. The molecular formula is C15H22ClNO3. The summed E-state index contributed by atoms with van der Waals surface area (Å²) < 4.78 is 16.2. The lowest BCUT2D eigenvalue weighted by atomic mass is 9.86.